The van der Waals surface area contributed by atoms with E-state index in [-0.39, 0.29) is 0 Å². The highest BCUT2D eigenvalue weighted by Gasteiger charge is 2.13. The first-order chi connectivity index (χ1) is 4.30. The molecule has 0 amide bonds. The Kier molecular flexibility index (Phi) is 2.49. The van der Waals surface area contributed by atoms with Gasteiger partial charge in [-0.3, -0.25) is 0 Å². The van der Waals surface area contributed by atoms with E-state index in [4.69, 9.17) is 5.73 Å². The Morgan fingerprint density at radius 1 is 1.44 bits per heavy atom. The van der Waals surface area contributed by atoms with Crippen molar-refractivity contribution in [1.29, 1.82) is 0 Å². The Hall–Kier alpha value is -0.0800. The zero-order valence-electron chi connectivity index (χ0n) is 6.06. The Labute approximate surface area is 56.8 Å². The quantitative estimate of drug-likeness (QED) is 0.498. The lowest BCUT2D eigenvalue weighted by atomic mass is 10.1. The summed E-state index contributed by atoms with van der Waals surface area (Å²) in [6, 6.07) is 0.903. The van der Waals surface area contributed by atoms with E-state index in [1.807, 2.05) is 0 Å². The molecule has 54 valence electrons. The van der Waals surface area contributed by atoms with Crippen LogP contribution in [-0.4, -0.2) is 18.6 Å². The van der Waals surface area contributed by atoms with Crippen LogP contribution in [0, 0.1) is 0 Å². The van der Waals surface area contributed by atoms with Gasteiger partial charge in [-0.2, -0.15) is 0 Å². The molecule has 2 atom stereocenters. The molecule has 0 aliphatic carbocycles. The highest BCUT2D eigenvalue weighted by atomic mass is 14.9. The monoisotopic (exact) mass is 128 g/mol. The van der Waals surface area contributed by atoms with Gasteiger partial charge in [0.25, 0.3) is 0 Å². The van der Waals surface area contributed by atoms with Crippen molar-refractivity contribution in [1.82, 2.24) is 5.32 Å². The average molecular weight is 128 g/mol. The minimum absolute atomic E-state index is 0.382. The summed E-state index contributed by atoms with van der Waals surface area (Å²) in [6.45, 7) is 3.31. The summed E-state index contributed by atoms with van der Waals surface area (Å²) in [7, 11) is 0. The second kappa shape index (κ2) is 3.18. The predicted molar refractivity (Wildman–Crippen MR) is 39.3 cm³/mol. The molecule has 1 aliphatic rings. The summed E-state index contributed by atoms with van der Waals surface area (Å²) in [6.07, 6.45) is 3.77. The lowest BCUT2D eigenvalue weighted by Gasteiger charge is -2.16. The van der Waals surface area contributed by atoms with Gasteiger partial charge in [0.05, 0.1) is 0 Å². The van der Waals surface area contributed by atoms with Crippen molar-refractivity contribution in [3.8, 4) is 0 Å². The summed E-state index contributed by atoms with van der Waals surface area (Å²) < 4.78 is 0. The molecule has 2 heteroatoms. The Balaban J connectivity index is 2.32. The van der Waals surface area contributed by atoms with E-state index in [2.05, 4.69) is 12.2 Å². The lowest BCUT2D eigenvalue weighted by molar-refractivity contribution is 0.479. The molecule has 0 aromatic carbocycles. The number of nitrogens with two attached hydrogens (primary N) is 1. The molecule has 1 fully saturated rings. The van der Waals surface area contributed by atoms with Crippen LogP contribution in [0.5, 0.6) is 0 Å². The topological polar surface area (TPSA) is 38.0 Å². The number of nitrogens with one attached hydrogen (secondary N) is 1. The van der Waals surface area contributed by atoms with E-state index < -0.39 is 0 Å². The first kappa shape index (κ1) is 7.03. The second-order valence-electron chi connectivity index (χ2n) is 2.90. The fourth-order valence-electron chi connectivity index (χ4n) is 1.24. The van der Waals surface area contributed by atoms with Gasteiger partial charge in [0.1, 0.15) is 0 Å². The maximum absolute atomic E-state index is 5.82. The molecule has 0 bridgehead atoms. The molecular weight excluding hydrogens is 112 g/mol. The van der Waals surface area contributed by atoms with Crippen molar-refractivity contribution in [3.05, 3.63) is 0 Å². The van der Waals surface area contributed by atoms with Crippen LogP contribution in [0.3, 0.4) is 0 Å². The van der Waals surface area contributed by atoms with Crippen molar-refractivity contribution in [2.75, 3.05) is 6.54 Å². The molecule has 0 radical (unpaired) electrons. The van der Waals surface area contributed by atoms with Gasteiger partial charge >= 0.3 is 0 Å². The van der Waals surface area contributed by atoms with E-state index in [9.17, 15) is 0 Å². The van der Waals surface area contributed by atoms with Gasteiger partial charge in [-0.15, -0.1) is 0 Å². The molecule has 0 unspecified atom stereocenters. The van der Waals surface area contributed by atoms with Crippen LogP contribution in [0.15, 0.2) is 0 Å². The van der Waals surface area contributed by atoms with Crippen molar-refractivity contribution < 1.29 is 0 Å². The highest BCUT2D eigenvalue weighted by Crippen LogP contribution is 2.06. The molecule has 0 aromatic heterocycles. The van der Waals surface area contributed by atoms with Crippen LogP contribution in [-0.2, 0) is 0 Å². The van der Waals surface area contributed by atoms with Crippen LogP contribution in [0.4, 0.5) is 0 Å². The third-order valence-electron chi connectivity index (χ3n) is 2.07. The smallest absolute Gasteiger partial charge is 0.0191 e. The molecule has 1 heterocycles. The van der Waals surface area contributed by atoms with Gasteiger partial charge in [0.2, 0.25) is 0 Å². The molecular formula is C7H16N2. The minimum Gasteiger partial charge on any atom is -0.326 e. The van der Waals surface area contributed by atoms with E-state index in [0.717, 1.165) is 6.54 Å². The zero-order chi connectivity index (χ0) is 6.69. The maximum atomic E-state index is 5.82. The molecule has 0 spiro atoms. The van der Waals surface area contributed by atoms with Gasteiger partial charge in [0, 0.05) is 12.1 Å². The molecule has 3 N–H and O–H groups in total. The Morgan fingerprint density at radius 2 is 2.22 bits per heavy atom. The van der Waals surface area contributed by atoms with Crippen LogP contribution >= 0.6 is 0 Å². The summed E-state index contributed by atoms with van der Waals surface area (Å²) >= 11 is 0. The van der Waals surface area contributed by atoms with Gasteiger partial charge in [-0.25, -0.2) is 0 Å². The van der Waals surface area contributed by atoms with Gasteiger partial charge in [0.15, 0.2) is 0 Å². The predicted octanol–water partition coefficient (Wildman–Crippen LogP) is 0.476. The molecule has 1 saturated heterocycles. The first-order valence-corrected chi connectivity index (χ1v) is 3.79. The second-order valence-corrected chi connectivity index (χ2v) is 2.90. The standard InChI is InChI=1S/C7H16N2/c1-6-7(8)4-2-3-5-9-6/h6-7,9H,2-5,8H2,1H3/t6-,7-/m1/s1. The van der Waals surface area contributed by atoms with Crippen molar-refractivity contribution in [2.24, 2.45) is 5.73 Å². The van der Waals surface area contributed by atoms with Gasteiger partial charge in [-0.05, 0) is 26.3 Å². The molecule has 9 heavy (non-hydrogen) atoms. The van der Waals surface area contributed by atoms with E-state index in [1.54, 1.807) is 0 Å². The number of hydrogen-bond donors (Lipinski definition) is 2. The normalized spacial score (nSPS) is 38.0. The summed E-state index contributed by atoms with van der Waals surface area (Å²) in [5.41, 5.74) is 5.82. The number of hydrogen-bond acceptors (Lipinski definition) is 2. The molecule has 2 nitrogen and oxygen atoms in total. The van der Waals surface area contributed by atoms with E-state index >= 15 is 0 Å². The largest absolute Gasteiger partial charge is 0.326 e. The summed E-state index contributed by atoms with van der Waals surface area (Å²) in [5.74, 6) is 0. The first-order valence-electron chi connectivity index (χ1n) is 3.79. The SMILES string of the molecule is C[C@H]1NCCCC[C@H]1N. The lowest BCUT2D eigenvalue weighted by Crippen LogP contribution is -2.41. The summed E-state index contributed by atoms with van der Waals surface area (Å²) in [5, 5.41) is 3.37. The van der Waals surface area contributed by atoms with E-state index in [0.29, 0.717) is 12.1 Å². The van der Waals surface area contributed by atoms with Gasteiger partial charge in [-0.1, -0.05) is 6.42 Å². The molecule has 1 aliphatic heterocycles. The molecule has 0 aromatic rings. The van der Waals surface area contributed by atoms with Gasteiger partial charge < -0.3 is 11.1 Å². The third kappa shape index (κ3) is 1.95. The van der Waals surface area contributed by atoms with Crippen molar-refractivity contribution in [3.63, 3.8) is 0 Å². The molecule has 1 rings (SSSR count). The van der Waals surface area contributed by atoms with Crippen LogP contribution in [0.2, 0.25) is 0 Å². The Bertz CT molecular complexity index is 73.0. The fourth-order valence-corrected chi connectivity index (χ4v) is 1.24. The van der Waals surface area contributed by atoms with E-state index in [1.165, 1.54) is 19.3 Å². The fraction of sp³-hybridized carbons (Fsp3) is 1.00. The molecule has 0 saturated carbocycles. The van der Waals surface area contributed by atoms with Crippen LogP contribution in [0.25, 0.3) is 0 Å². The van der Waals surface area contributed by atoms with Crippen molar-refractivity contribution >= 4 is 0 Å². The highest BCUT2D eigenvalue weighted by molar-refractivity contribution is 4.77. The number of rotatable bonds is 0. The van der Waals surface area contributed by atoms with Crippen LogP contribution in [0.1, 0.15) is 26.2 Å². The van der Waals surface area contributed by atoms with Crippen molar-refractivity contribution in [2.45, 2.75) is 38.3 Å². The third-order valence-corrected chi connectivity index (χ3v) is 2.07. The summed E-state index contributed by atoms with van der Waals surface area (Å²) in [4.78, 5) is 0. The average Bonchev–Trinajstić information content (AvgIpc) is 1.99. The minimum atomic E-state index is 0.382. The van der Waals surface area contributed by atoms with Crippen LogP contribution < -0.4 is 11.1 Å². The maximum Gasteiger partial charge on any atom is 0.0191 e. The zero-order valence-corrected chi connectivity index (χ0v) is 6.06. The Morgan fingerprint density at radius 3 is 3.00 bits per heavy atom.